The summed E-state index contributed by atoms with van der Waals surface area (Å²) < 4.78 is 8.96. The molecule has 0 spiro atoms. The van der Waals surface area contributed by atoms with Crippen LogP contribution in [0.15, 0.2) is 29.4 Å². The molecular formula is C19H24N6O2S. The summed E-state index contributed by atoms with van der Waals surface area (Å²) in [6.45, 7) is 6.55. The zero-order valence-corrected chi connectivity index (χ0v) is 17.5. The standard InChI is InChI=1S/C19H24N6O2S/c1-6-25-18(14-7-9-15(27-5)10-8-14)21-22-19(25)28-11-16(26)20-17-12(2)23-24(4)13(17)3/h7-10H,6,11H2,1-5H3,(H,20,26). The lowest BCUT2D eigenvalue weighted by Crippen LogP contribution is -2.15. The number of aromatic nitrogens is 5. The molecule has 0 aliphatic rings. The fourth-order valence-electron chi connectivity index (χ4n) is 2.89. The first kappa shape index (κ1) is 19.9. The molecule has 0 aliphatic carbocycles. The minimum atomic E-state index is -0.0964. The van der Waals surface area contributed by atoms with Gasteiger partial charge in [-0.3, -0.25) is 9.48 Å². The number of carbonyl (C=O) groups is 1. The van der Waals surface area contributed by atoms with Crippen LogP contribution in [0.2, 0.25) is 0 Å². The maximum Gasteiger partial charge on any atom is 0.234 e. The highest BCUT2D eigenvalue weighted by atomic mass is 32.2. The molecule has 2 heterocycles. The molecule has 0 saturated carbocycles. The van der Waals surface area contributed by atoms with Gasteiger partial charge in [-0.1, -0.05) is 11.8 Å². The lowest BCUT2D eigenvalue weighted by atomic mass is 10.2. The van der Waals surface area contributed by atoms with E-state index in [1.54, 1.807) is 11.8 Å². The predicted octanol–water partition coefficient (Wildman–Crippen LogP) is 3.05. The van der Waals surface area contributed by atoms with Crippen molar-refractivity contribution >= 4 is 23.4 Å². The molecule has 9 heteroatoms. The summed E-state index contributed by atoms with van der Waals surface area (Å²) in [6.07, 6.45) is 0. The van der Waals surface area contributed by atoms with E-state index in [2.05, 4.69) is 20.6 Å². The summed E-state index contributed by atoms with van der Waals surface area (Å²) in [4.78, 5) is 12.4. The Kier molecular flexibility index (Phi) is 6.03. The number of ether oxygens (including phenoxy) is 1. The predicted molar refractivity (Wildman–Crippen MR) is 110 cm³/mol. The summed E-state index contributed by atoms with van der Waals surface area (Å²) in [7, 11) is 3.50. The maximum atomic E-state index is 12.4. The van der Waals surface area contributed by atoms with Crippen molar-refractivity contribution in [3.63, 3.8) is 0 Å². The molecule has 0 fully saturated rings. The maximum absolute atomic E-state index is 12.4. The van der Waals surface area contributed by atoms with Crippen molar-refractivity contribution in [3.05, 3.63) is 35.7 Å². The van der Waals surface area contributed by atoms with Gasteiger partial charge in [-0.15, -0.1) is 10.2 Å². The number of aryl methyl sites for hydroxylation is 2. The highest BCUT2D eigenvalue weighted by Crippen LogP contribution is 2.26. The minimum absolute atomic E-state index is 0.0964. The number of thioether (sulfide) groups is 1. The van der Waals surface area contributed by atoms with Crippen molar-refractivity contribution in [2.24, 2.45) is 7.05 Å². The second-order valence-corrected chi connectivity index (χ2v) is 7.23. The number of hydrogen-bond acceptors (Lipinski definition) is 6. The fraction of sp³-hybridized carbons (Fsp3) is 0.368. The van der Waals surface area contributed by atoms with Gasteiger partial charge in [0.2, 0.25) is 5.91 Å². The van der Waals surface area contributed by atoms with Crippen molar-refractivity contribution in [1.82, 2.24) is 24.5 Å². The van der Waals surface area contributed by atoms with E-state index in [0.29, 0.717) is 11.7 Å². The van der Waals surface area contributed by atoms with Crippen LogP contribution < -0.4 is 10.1 Å². The van der Waals surface area contributed by atoms with Crippen molar-refractivity contribution in [2.75, 3.05) is 18.2 Å². The molecule has 2 aromatic heterocycles. The number of amides is 1. The molecular weight excluding hydrogens is 376 g/mol. The molecule has 1 N–H and O–H groups in total. The highest BCUT2D eigenvalue weighted by molar-refractivity contribution is 7.99. The summed E-state index contributed by atoms with van der Waals surface area (Å²) in [6, 6.07) is 7.68. The fourth-order valence-corrected chi connectivity index (χ4v) is 3.70. The van der Waals surface area contributed by atoms with Gasteiger partial charge < -0.3 is 14.6 Å². The van der Waals surface area contributed by atoms with Gasteiger partial charge in [0.1, 0.15) is 5.75 Å². The summed E-state index contributed by atoms with van der Waals surface area (Å²) in [5.74, 6) is 1.71. The second kappa shape index (κ2) is 8.47. The summed E-state index contributed by atoms with van der Waals surface area (Å²) in [5, 5.41) is 16.6. The van der Waals surface area contributed by atoms with Crippen LogP contribution >= 0.6 is 11.8 Å². The SMILES string of the molecule is CCn1c(SCC(=O)Nc2c(C)nn(C)c2C)nnc1-c1ccc(OC)cc1. The third-order valence-corrected chi connectivity index (χ3v) is 5.45. The van der Waals surface area contributed by atoms with Gasteiger partial charge in [-0.05, 0) is 45.0 Å². The molecule has 0 bridgehead atoms. The number of nitrogens with one attached hydrogen (secondary N) is 1. The number of benzene rings is 1. The molecule has 0 radical (unpaired) electrons. The van der Waals surface area contributed by atoms with Crippen LogP contribution in [0, 0.1) is 13.8 Å². The normalized spacial score (nSPS) is 10.9. The van der Waals surface area contributed by atoms with Gasteiger partial charge in [0.05, 0.1) is 29.9 Å². The first-order chi connectivity index (χ1) is 13.4. The largest absolute Gasteiger partial charge is 0.497 e. The van der Waals surface area contributed by atoms with Gasteiger partial charge in [-0.2, -0.15) is 5.10 Å². The molecule has 0 aliphatic heterocycles. The molecule has 3 rings (SSSR count). The summed E-state index contributed by atoms with van der Waals surface area (Å²) in [5.41, 5.74) is 3.45. The lowest BCUT2D eigenvalue weighted by Gasteiger charge is -2.08. The van der Waals surface area contributed by atoms with Crippen molar-refractivity contribution in [1.29, 1.82) is 0 Å². The Balaban J connectivity index is 1.70. The smallest absolute Gasteiger partial charge is 0.234 e. The van der Waals surface area contributed by atoms with Crippen molar-refractivity contribution in [3.8, 4) is 17.1 Å². The number of nitrogens with zero attached hydrogens (tertiary/aromatic N) is 5. The van der Waals surface area contributed by atoms with Crippen molar-refractivity contribution in [2.45, 2.75) is 32.5 Å². The van der Waals surface area contributed by atoms with Crippen LogP contribution in [0.25, 0.3) is 11.4 Å². The van der Waals surface area contributed by atoms with Crippen LogP contribution in [0.5, 0.6) is 5.75 Å². The molecule has 8 nitrogen and oxygen atoms in total. The van der Waals surface area contributed by atoms with E-state index in [1.165, 1.54) is 11.8 Å². The van der Waals surface area contributed by atoms with E-state index in [-0.39, 0.29) is 11.7 Å². The number of anilines is 1. The van der Waals surface area contributed by atoms with E-state index in [9.17, 15) is 4.79 Å². The average Bonchev–Trinajstić information content (AvgIpc) is 3.22. The monoisotopic (exact) mass is 400 g/mol. The molecule has 1 aromatic carbocycles. The van der Waals surface area contributed by atoms with E-state index < -0.39 is 0 Å². The Morgan fingerprint density at radius 1 is 1.21 bits per heavy atom. The Morgan fingerprint density at radius 2 is 1.93 bits per heavy atom. The van der Waals surface area contributed by atoms with Gasteiger partial charge >= 0.3 is 0 Å². The van der Waals surface area contributed by atoms with E-state index in [1.807, 2.05) is 56.7 Å². The summed E-state index contributed by atoms with van der Waals surface area (Å²) >= 11 is 1.37. The quantitative estimate of drug-likeness (QED) is 0.614. The molecule has 0 unspecified atom stereocenters. The zero-order valence-electron chi connectivity index (χ0n) is 16.7. The first-order valence-electron chi connectivity index (χ1n) is 8.95. The van der Waals surface area contributed by atoms with E-state index in [4.69, 9.17) is 4.74 Å². The van der Waals surface area contributed by atoms with Gasteiger partial charge in [0, 0.05) is 19.2 Å². The van der Waals surface area contributed by atoms with E-state index in [0.717, 1.165) is 34.2 Å². The Labute approximate surface area is 168 Å². The number of methoxy groups -OCH3 is 1. The van der Waals surface area contributed by atoms with Crippen molar-refractivity contribution < 1.29 is 9.53 Å². The van der Waals surface area contributed by atoms with E-state index >= 15 is 0 Å². The van der Waals surface area contributed by atoms with Crippen LogP contribution in [-0.2, 0) is 18.4 Å². The molecule has 148 valence electrons. The van der Waals surface area contributed by atoms with Gasteiger partial charge in [0.25, 0.3) is 0 Å². The first-order valence-corrected chi connectivity index (χ1v) is 9.93. The van der Waals surface area contributed by atoms with Crippen LogP contribution in [0.4, 0.5) is 5.69 Å². The topological polar surface area (TPSA) is 86.9 Å². The van der Waals surface area contributed by atoms with Crippen LogP contribution in [0.3, 0.4) is 0 Å². The Hall–Kier alpha value is -2.81. The van der Waals surface area contributed by atoms with Crippen LogP contribution in [-0.4, -0.2) is 43.3 Å². The van der Waals surface area contributed by atoms with Gasteiger partial charge in [-0.25, -0.2) is 0 Å². The third-order valence-electron chi connectivity index (χ3n) is 4.49. The average molecular weight is 401 g/mol. The third kappa shape index (κ3) is 4.04. The molecule has 1 amide bonds. The number of rotatable bonds is 7. The van der Waals surface area contributed by atoms with Gasteiger partial charge in [0.15, 0.2) is 11.0 Å². The molecule has 0 saturated heterocycles. The zero-order chi connectivity index (χ0) is 20.3. The minimum Gasteiger partial charge on any atom is -0.497 e. The Bertz CT molecular complexity index is 977. The lowest BCUT2D eigenvalue weighted by molar-refractivity contribution is -0.113. The molecule has 28 heavy (non-hydrogen) atoms. The molecule has 3 aromatic rings. The highest BCUT2D eigenvalue weighted by Gasteiger charge is 2.16. The number of hydrogen-bond donors (Lipinski definition) is 1. The molecule has 0 atom stereocenters. The number of carbonyl (C=O) groups excluding carboxylic acids is 1. The second-order valence-electron chi connectivity index (χ2n) is 6.29. The Morgan fingerprint density at radius 3 is 2.50 bits per heavy atom. The van der Waals surface area contributed by atoms with Crippen LogP contribution in [0.1, 0.15) is 18.3 Å².